The van der Waals surface area contributed by atoms with E-state index in [0.29, 0.717) is 36.1 Å². The highest BCUT2D eigenvalue weighted by atomic mass is 35.5. The molecule has 0 saturated carbocycles. The summed E-state index contributed by atoms with van der Waals surface area (Å²) < 4.78 is 0. The summed E-state index contributed by atoms with van der Waals surface area (Å²) in [6, 6.07) is 11.1. The van der Waals surface area contributed by atoms with Crippen LogP contribution in [0.25, 0.3) is 0 Å². The van der Waals surface area contributed by atoms with E-state index in [0.717, 1.165) is 24.6 Å². The number of carbonyl (C=O) groups is 1. The number of nitrogens with zero attached hydrogens (tertiary/aromatic N) is 3. The normalized spacial score (nSPS) is 14.5. The second kappa shape index (κ2) is 8.41. The zero-order chi connectivity index (χ0) is 17.6. The van der Waals surface area contributed by atoms with E-state index >= 15 is 0 Å². The molecule has 1 saturated heterocycles. The van der Waals surface area contributed by atoms with Gasteiger partial charge in [-0.25, -0.2) is 4.98 Å². The molecule has 1 aliphatic heterocycles. The summed E-state index contributed by atoms with van der Waals surface area (Å²) in [5, 5.41) is 4.39. The minimum Gasteiger partial charge on any atom is -0.383 e. The Bertz CT molecular complexity index is 718. The van der Waals surface area contributed by atoms with E-state index in [1.807, 2.05) is 23.1 Å². The molecule has 0 spiro atoms. The maximum absolute atomic E-state index is 12.4. The average Bonchev–Trinajstić information content (AvgIpc) is 2.65. The van der Waals surface area contributed by atoms with Gasteiger partial charge in [0.05, 0.1) is 10.7 Å². The van der Waals surface area contributed by atoms with E-state index < -0.39 is 0 Å². The molecule has 132 valence electrons. The summed E-state index contributed by atoms with van der Waals surface area (Å²) >= 11 is 12.1. The SMILES string of the molecule is O=C(CCNc1cc(Cl)ccc1Cl)N1CCN(c2ccccn2)CC1. The molecule has 5 nitrogen and oxygen atoms in total. The largest absolute Gasteiger partial charge is 0.383 e. The number of halogens is 2. The Morgan fingerprint density at radius 2 is 1.92 bits per heavy atom. The van der Waals surface area contributed by atoms with Gasteiger partial charge < -0.3 is 15.1 Å². The summed E-state index contributed by atoms with van der Waals surface area (Å²) in [6.07, 6.45) is 2.21. The van der Waals surface area contributed by atoms with Crippen LogP contribution < -0.4 is 10.2 Å². The molecule has 0 bridgehead atoms. The first-order valence-corrected chi connectivity index (χ1v) is 9.02. The zero-order valence-corrected chi connectivity index (χ0v) is 15.3. The van der Waals surface area contributed by atoms with Crippen LogP contribution in [0.1, 0.15) is 6.42 Å². The Balaban J connectivity index is 1.44. The number of aromatic nitrogens is 1. The van der Waals surface area contributed by atoms with Crippen LogP contribution in [0.2, 0.25) is 10.0 Å². The maximum Gasteiger partial charge on any atom is 0.224 e. The number of anilines is 2. The second-order valence-electron chi connectivity index (χ2n) is 5.86. The predicted octanol–water partition coefficient (Wildman–Crippen LogP) is 3.54. The number of hydrogen-bond donors (Lipinski definition) is 1. The van der Waals surface area contributed by atoms with E-state index in [9.17, 15) is 4.79 Å². The van der Waals surface area contributed by atoms with Crippen molar-refractivity contribution in [3.05, 3.63) is 52.6 Å². The lowest BCUT2D eigenvalue weighted by molar-refractivity contribution is -0.131. The molecule has 3 rings (SSSR count). The van der Waals surface area contributed by atoms with Gasteiger partial charge in [0.1, 0.15) is 5.82 Å². The van der Waals surface area contributed by atoms with Crippen LogP contribution in [0.5, 0.6) is 0 Å². The number of pyridine rings is 1. The Kier molecular flexibility index (Phi) is 6.00. The minimum absolute atomic E-state index is 0.145. The van der Waals surface area contributed by atoms with Crippen LogP contribution >= 0.6 is 23.2 Å². The lowest BCUT2D eigenvalue weighted by atomic mass is 10.2. The van der Waals surface area contributed by atoms with Crippen molar-refractivity contribution in [3.63, 3.8) is 0 Å². The minimum atomic E-state index is 0.145. The van der Waals surface area contributed by atoms with Gasteiger partial charge in [0.25, 0.3) is 0 Å². The van der Waals surface area contributed by atoms with Crippen molar-refractivity contribution < 1.29 is 4.79 Å². The summed E-state index contributed by atoms with van der Waals surface area (Å²) in [5.41, 5.74) is 0.752. The average molecular weight is 379 g/mol. The lowest BCUT2D eigenvalue weighted by Gasteiger charge is -2.35. The molecule has 1 N–H and O–H groups in total. The molecule has 2 heterocycles. The number of amides is 1. The summed E-state index contributed by atoms with van der Waals surface area (Å²) in [5.74, 6) is 1.11. The van der Waals surface area contributed by atoms with Crippen LogP contribution in [0.3, 0.4) is 0 Å². The van der Waals surface area contributed by atoms with Crippen molar-refractivity contribution in [3.8, 4) is 0 Å². The Morgan fingerprint density at radius 3 is 2.64 bits per heavy atom. The van der Waals surface area contributed by atoms with Gasteiger partial charge in [0.15, 0.2) is 0 Å². The third-order valence-corrected chi connectivity index (χ3v) is 4.75. The highest BCUT2D eigenvalue weighted by Gasteiger charge is 2.21. The number of piperazine rings is 1. The van der Waals surface area contributed by atoms with Gasteiger partial charge in [-0.05, 0) is 30.3 Å². The maximum atomic E-state index is 12.4. The lowest BCUT2D eigenvalue weighted by Crippen LogP contribution is -2.49. The van der Waals surface area contributed by atoms with Gasteiger partial charge in [-0.1, -0.05) is 29.3 Å². The standard InChI is InChI=1S/C18H20Cl2N4O/c19-14-4-5-15(20)16(13-14)21-8-6-18(25)24-11-9-23(10-12-24)17-3-1-2-7-22-17/h1-5,7,13,21H,6,8-12H2. The number of nitrogens with one attached hydrogen (secondary N) is 1. The highest BCUT2D eigenvalue weighted by molar-refractivity contribution is 6.35. The topological polar surface area (TPSA) is 48.5 Å². The molecule has 1 aromatic carbocycles. The molecule has 2 aromatic rings. The van der Waals surface area contributed by atoms with Gasteiger partial charge in [-0.2, -0.15) is 0 Å². The molecular weight excluding hydrogens is 359 g/mol. The van der Waals surface area contributed by atoms with E-state index in [4.69, 9.17) is 23.2 Å². The van der Waals surface area contributed by atoms with Gasteiger partial charge in [-0.15, -0.1) is 0 Å². The summed E-state index contributed by atoms with van der Waals surface area (Å²) in [6.45, 7) is 3.56. The molecule has 0 radical (unpaired) electrons. The molecule has 7 heteroatoms. The molecule has 1 amide bonds. The number of benzene rings is 1. The van der Waals surface area contributed by atoms with Crippen LogP contribution in [-0.2, 0) is 4.79 Å². The van der Waals surface area contributed by atoms with Crippen molar-refractivity contribution in [2.75, 3.05) is 42.9 Å². The van der Waals surface area contributed by atoms with E-state index in [1.165, 1.54) is 0 Å². The number of carbonyl (C=O) groups excluding carboxylic acids is 1. The summed E-state index contributed by atoms with van der Waals surface area (Å²) in [7, 11) is 0. The van der Waals surface area contributed by atoms with Gasteiger partial charge in [0, 0.05) is 50.4 Å². The second-order valence-corrected chi connectivity index (χ2v) is 6.70. The van der Waals surface area contributed by atoms with Crippen molar-refractivity contribution in [1.82, 2.24) is 9.88 Å². The smallest absolute Gasteiger partial charge is 0.224 e. The van der Waals surface area contributed by atoms with Crippen molar-refractivity contribution in [2.24, 2.45) is 0 Å². The third-order valence-electron chi connectivity index (χ3n) is 4.19. The van der Waals surface area contributed by atoms with Gasteiger partial charge >= 0.3 is 0 Å². The first-order chi connectivity index (χ1) is 12.1. The molecule has 0 unspecified atom stereocenters. The molecule has 1 fully saturated rings. The fourth-order valence-electron chi connectivity index (χ4n) is 2.82. The predicted molar refractivity (Wildman–Crippen MR) is 103 cm³/mol. The highest BCUT2D eigenvalue weighted by Crippen LogP contribution is 2.25. The first kappa shape index (κ1) is 17.8. The molecule has 0 atom stereocenters. The van der Waals surface area contributed by atoms with Crippen LogP contribution in [-0.4, -0.2) is 48.5 Å². The van der Waals surface area contributed by atoms with Crippen LogP contribution in [0.4, 0.5) is 11.5 Å². The fourth-order valence-corrected chi connectivity index (χ4v) is 3.18. The molecule has 0 aliphatic carbocycles. The number of hydrogen-bond acceptors (Lipinski definition) is 4. The monoisotopic (exact) mass is 378 g/mol. The molecule has 25 heavy (non-hydrogen) atoms. The van der Waals surface area contributed by atoms with Crippen molar-refractivity contribution in [2.45, 2.75) is 6.42 Å². The van der Waals surface area contributed by atoms with Gasteiger partial charge in [0.2, 0.25) is 5.91 Å². The van der Waals surface area contributed by atoms with Crippen LogP contribution in [0, 0.1) is 0 Å². The Morgan fingerprint density at radius 1 is 1.12 bits per heavy atom. The zero-order valence-electron chi connectivity index (χ0n) is 13.8. The Hall–Kier alpha value is -1.98. The van der Waals surface area contributed by atoms with Gasteiger partial charge in [-0.3, -0.25) is 4.79 Å². The Labute approximate surface area is 157 Å². The first-order valence-electron chi connectivity index (χ1n) is 8.26. The molecular formula is C18H20Cl2N4O. The van der Waals surface area contributed by atoms with Crippen molar-refractivity contribution in [1.29, 1.82) is 0 Å². The quantitative estimate of drug-likeness (QED) is 0.864. The molecule has 1 aliphatic rings. The van der Waals surface area contributed by atoms with E-state index in [-0.39, 0.29) is 5.91 Å². The number of rotatable bonds is 5. The molecule has 1 aromatic heterocycles. The third kappa shape index (κ3) is 4.77. The van der Waals surface area contributed by atoms with Crippen molar-refractivity contribution >= 4 is 40.6 Å². The van der Waals surface area contributed by atoms with E-state index in [1.54, 1.807) is 24.4 Å². The summed E-state index contributed by atoms with van der Waals surface area (Å²) in [4.78, 5) is 20.8. The van der Waals surface area contributed by atoms with Crippen LogP contribution in [0.15, 0.2) is 42.6 Å². The fraction of sp³-hybridized carbons (Fsp3) is 0.333. The van der Waals surface area contributed by atoms with E-state index in [2.05, 4.69) is 15.2 Å².